The Morgan fingerprint density at radius 1 is 1.18 bits per heavy atom. The molecule has 2 aliphatic heterocycles. The van der Waals surface area contributed by atoms with Crippen molar-refractivity contribution in [2.24, 2.45) is 5.92 Å². The molecule has 7 nitrogen and oxygen atoms in total. The van der Waals surface area contributed by atoms with Gasteiger partial charge in [0.25, 0.3) is 5.91 Å². The highest BCUT2D eigenvalue weighted by Gasteiger charge is 2.41. The van der Waals surface area contributed by atoms with Crippen molar-refractivity contribution in [1.29, 1.82) is 5.26 Å². The van der Waals surface area contributed by atoms with Gasteiger partial charge in [-0.1, -0.05) is 23.9 Å². The zero-order chi connectivity index (χ0) is 29.5. The lowest BCUT2D eigenvalue weighted by molar-refractivity contribution is -0.185. The Morgan fingerprint density at radius 3 is 2.48 bits per heavy atom. The molecule has 0 radical (unpaired) electrons. The number of alkyl halides is 6. The second-order valence-electron chi connectivity index (χ2n) is 9.60. The number of anilines is 1. The van der Waals surface area contributed by atoms with E-state index in [1.54, 1.807) is 18.3 Å². The Morgan fingerprint density at radius 2 is 1.88 bits per heavy atom. The summed E-state index contributed by atoms with van der Waals surface area (Å²) in [5.74, 6) is -2.74. The van der Waals surface area contributed by atoms with Crippen LogP contribution in [0.2, 0.25) is 0 Å². The summed E-state index contributed by atoms with van der Waals surface area (Å²) in [4.78, 5) is 28.4. The number of thioether (sulfide) groups is 1. The molecule has 0 bridgehead atoms. The zero-order valence-electron chi connectivity index (χ0n) is 21.9. The Labute approximate surface area is 232 Å². The summed E-state index contributed by atoms with van der Waals surface area (Å²) in [5, 5.41) is 13.8. The van der Waals surface area contributed by atoms with Gasteiger partial charge in [0, 0.05) is 25.3 Å². The van der Waals surface area contributed by atoms with Gasteiger partial charge in [0.15, 0.2) is 0 Å². The third-order valence-electron chi connectivity index (χ3n) is 6.79. The van der Waals surface area contributed by atoms with Crippen molar-refractivity contribution in [3.63, 3.8) is 0 Å². The minimum absolute atomic E-state index is 0.0425. The van der Waals surface area contributed by atoms with Gasteiger partial charge in [0.05, 0.1) is 11.2 Å². The summed E-state index contributed by atoms with van der Waals surface area (Å²) in [6.07, 6.45) is -7.53. The molecule has 1 atom stereocenters. The summed E-state index contributed by atoms with van der Waals surface area (Å²) in [6.45, 7) is 2.07. The Bertz CT molecular complexity index is 1130. The lowest BCUT2D eigenvalue weighted by atomic mass is 9.96. The van der Waals surface area contributed by atoms with Crippen molar-refractivity contribution in [2.45, 2.75) is 50.2 Å². The monoisotopic (exact) mass is 591 g/mol. The summed E-state index contributed by atoms with van der Waals surface area (Å²) in [7, 11) is 0. The highest BCUT2D eigenvalue weighted by Crippen LogP contribution is 2.39. The molecule has 2 N–H and O–H groups in total. The fraction of sp³-hybridized carbons (Fsp3) is 0.577. The number of nitrogens with zero attached hydrogens (tertiary/aromatic N) is 3. The summed E-state index contributed by atoms with van der Waals surface area (Å²) in [5.41, 5.74) is 1.28. The topological polar surface area (TPSA) is 88.5 Å². The number of hydrogen-bond donors (Lipinski definition) is 2. The molecular weight excluding hydrogens is 560 g/mol. The number of likely N-dealkylation sites (tertiary alicyclic amines) is 1. The van der Waals surface area contributed by atoms with Gasteiger partial charge in [-0.25, -0.2) is 0 Å². The standard InChI is InChI=1S/C26H31F6N5O2S/c1-2-37-23(39)21(40-24(37)20(15-33)22(38)35-16-25(27,28)29)6-10-34-19-5-3-4-17(14-19)7-11-36-12-8-18(9-13-36)26(30,31)32/h3-5,14,18,21,34H,2,6-13,16H2,1H3,(H,35,38). The molecule has 0 aromatic heterocycles. The first-order valence-electron chi connectivity index (χ1n) is 12.9. The Balaban J connectivity index is 1.52. The molecular formula is C26H31F6N5O2S. The van der Waals surface area contributed by atoms with E-state index in [0.29, 0.717) is 39.0 Å². The van der Waals surface area contributed by atoms with E-state index in [-0.39, 0.29) is 30.3 Å². The highest BCUT2D eigenvalue weighted by molar-refractivity contribution is 8.04. The number of carbonyl (C=O) groups excluding carboxylic acids is 2. The predicted molar refractivity (Wildman–Crippen MR) is 139 cm³/mol. The second-order valence-corrected chi connectivity index (χ2v) is 10.8. The third kappa shape index (κ3) is 8.79. The summed E-state index contributed by atoms with van der Waals surface area (Å²) >= 11 is 0.985. The minimum Gasteiger partial charge on any atom is -0.385 e. The molecule has 40 heavy (non-hydrogen) atoms. The van der Waals surface area contributed by atoms with E-state index < -0.39 is 41.5 Å². The van der Waals surface area contributed by atoms with Crippen molar-refractivity contribution in [3.8, 4) is 6.07 Å². The van der Waals surface area contributed by atoms with Crippen LogP contribution in [-0.4, -0.2) is 78.5 Å². The normalized spacial score (nSPS) is 20.4. The Hall–Kier alpha value is -2.92. The highest BCUT2D eigenvalue weighted by atomic mass is 32.2. The van der Waals surface area contributed by atoms with E-state index in [2.05, 4.69) is 5.32 Å². The van der Waals surface area contributed by atoms with Crippen molar-refractivity contribution < 1.29 is 35.9 Å². The van der Waals surface area contributed by atoms with Crippen LogP contribution in [0.25, 0.3) is 0 Å². The number of amides is 2. The van der Waals surface area contributed by atoms with Gasteiger partial charge in [-0.05, 0) is 63.4 Å². The van der Waals surface area contributed by atoms with Crippen molar-refractivity contribution in [3.05, 3.63) is 40.4 Å². The van der Waals surface area contributed by atoms with Crippen LogP contribution in [0.5, 0.6) is 0 Å². The van der Waals surface area contributed by atoms with Gasteiger partial charge in [-0.15, -0.1) is 0 Å². The summed E-state index contributed by atoms with van der Waals surface area (Å²) < 4.78 is 76.1. The maximum absolute atomic E-state index is 12.9. The molecule has 2 saturated heterocycles. The van der Waals surface area contributed by atoms with E-state index in [4.69, 9.17) is 0 Å². The molecule has 220 valence electrons. The average molecular weight is 592 g/mol. The van der Waals surface area contributed by atoms with Crippen molar-refractivity contribution in [2.75, 3.05) is 44.6 Å². The van der Waals surface area contributed by atoms with Crippen LogP contribution in [-0.2, 0) is 16.0 Å². The van der Waals surface area contributed by atoms with Crippen LogP contribution in [0.15, 0.2) is 34.9 Å². The second kappa shape index (κ2) is 13.6. The van der Waals surface area contributed by atoms with Crippen LogP contribution in [0.4, 0.5) is 32.0 Å². The molecule has 14 heteroatoms. The molecule has 1 aromatic rings. The van der Waals surface area contributed by atoms with E-state index in [0.717, 1.165) is 23.0 Å². The fourth-order valence-corrected chi connectivity index (χ4v) is 5.95. The SMILES string of the molecule is CCN1C(=O)C(CCNc2cccc(CCN3CCC(C(F)(F)F)CC3)c2)SC1=C(C#N)C(=O)NCC(F)(F)F. The van der Waals surface area contributed by atoms with Crippen LogP contribution in [0.1, 0.15) is 31.7 Å². The Kier molecular flexibility index (Phi) is 10.8. The number of benzene rings is 1. The largest absolute Gasteiger partial charge is 0.405 e. The maximum Gasteiger partial charge on any atom is 0.405 e. The minimum atomic E-state index is -4.64. The van der Waals surface area contributed by atoms with E-state index in [1.165, 1.54) is 4.90 Å². The van der Waals surface area contributed by atoms with Crippen LogP contribution in [0, 0.1) is 17.2 Å². The zero-order valence-corrected chi connectivity index (χ0v) is 22.7. The molecule has 2 fully saturated rings. The maximum atomic E-state index is 12.9. The first-order valence-corrected chi connectivity index (χ1v) is 13.8. The molecule has 2 heterocycles. The van der Waals surface area contributed by atoms with Gasteiger partial charge < -0.3 is 20.4 Å². The molecule has 3 rings (SSSR count). The first-order chi connectivity index (χ1) is 18.8. The van der Waals surface area contributed by atoms with E-state index in [1.807, 2.05) is 29.2 Å². The number of carbonyl (C=O) groups is 2. The molecule has 0 saturated carbocycles. The van der Waals surface area contributed by atoms with E-state index in [9.17, 15) is 41.2 Å². The molecule has 2 amide bonds. The van der Waals surface area contributed by atoms with Gasteiger partial charge in [-0.2, -0.15) is 31.6 Å². The van der Waals surface area contributed by atoms with Gasteiger partial charge >= 0.3 is 12.4 Å². The molecule has 1 unspecified atom stereocenters. The fourth-order valence-electron chi connectivity index (χ4n) is 4.62. The number of piperidine rings is 1. The van der Waals surface area contributed by atoms with Crippen molar-refractivity contribution in [1.82, 2.24) is 15.1 Å². The molecule has 0 spiro atoms. The van der Waals surface area contributed by atoms with E-state index >= 15 is 0 Å². The summed E-state index contributed by atoms with van der Waals surface area (Å²) in [6, 6.07) is 9.23. The number of hydrogen-bond acceptors (Lipinski definition) is 6. The molecule has 2 aliphatic rings. The molecule has 0 aliphatic carbocycles. The van der Waals surface area contributed by atoms with Crippen LogP contribution >= 0.6 is 11.8 Å². The first kappa shape index (κ1) is 31.6. The van der Waals surface area contributed by atoms with Crippen LogP contribution in [0.3, 0.4) is 0 Å². The lowest BCUT2D eigenvalue weighted by Crippen LogP contribution is -2.39. The van der Waals surface area contributed by atoms with Gasteiger partial charge in [0.1, 0.15) is 23.2 Å². The predicted octanol–water partition coefficient (Wildman–Crippen LogP) is 4.68. The smallest absolute Gasteiger partial charge is 0.385 e. The van der Waals surface area contributed by atoms with Gasteiger partial charge in [-0.3, -0.25) is 9.59 Å². The third-order valence-corrected chi connectivity index (χ3v) is 8.16. The number of rotatable bonds is 10. The van der Waals surface area contributed by atoms with Crippen LogP contribution < -0.4 is 10.6 Å². The number of halogens is 6. The van der Waals surface area contributed by atoms with Crippen molar-refractivity contribution >= 4 is 29.3 Å². The average Bonchev–Trinajstić information content (AvgIpc) is 3.21. The van der Waals surface area contributed by atoms with Gasteiger partial charge in [0.2, 0.25) is 5.91 Å². The molecule has 1 aromatic carbocycles. The quantitative estimate of drug-likeness (QED) is 0.233. The lowest BCUT2D eigenvalue weighted by Gasteiger charge is -2.32. The number of nitriles is 1. The number of nitrogens with one attached hydrogen (secondary N) is 2.